The fraction of sp³-hybridized carbons (Fsp3) is 0.333. The predicted molar refractivity (Wildman–Crippen MR) is 82.9 cm³/mol. The van der Waals surface area contributed by atoms with E-state index in [4.69, 9.17) is 21.1 Å². The number of aromatic nitrogens is 1. The molecule has 0 atom stereocenters. The first-order valence-electron chi connectivity index (χ1n) is 6.59. The Kier molecular flexibility index (Phi) is 3.87. The molecule has 0 spiro atoms. The molecule has 110 valence electrons. The lowest BCUT2D eigenvalue weighted by Crippen LogP contribution is -2.08. The van der Waals surface area contributed by atoms with Crippen molar-refractivity contribution in [1.29, 1.82) is 0 Å². The highest BCUT2D eigenvalue weighted by molar-refractivity contribution is 7.15. The first-order valence-corrected chi connectivity index (χ1v) is 7.78. The number of Topliss-reactive ketones (excluding diaryl/α,β-unsaturated/α-hetero) is 1. The number of hydrogen-bond acceptors (Lipinski definition) is 5. The molecule has 0 radical (unpaired) electrons. The Morgan fingerprint density at radius 1 is 1.24 bits per heavy atom. The molecule has 1 aromatic heterocycles. The van der Waals surface area contributed by atoms with E-state index in [9.17, 15) is 4.79 Å². The van der Waals surface area contributed by atoms with Crippen molar-refractivity contribution in [2.75, 3.05) is 14.2 Å². The SMILES string of the molecule is COc1cc(-c2nc3c(s2)CCCC3=O)cc(Cl)c1OC. The average molecular weight is 324 g/mol. The number of rotatable bonds is 3. The number of carbonyl (C=O) groups is 1. The third-order valence-electron chi connectivity index (χ3n) is 3.45. The Hall–Kier alpha value is -1.59. The van der Waals surface area contributed by atoms with Gasteiger partial charge in [0.05, 0.1) is 19.2 Å². The van der Waals surface area contributed by atoms with Crippen LogP contribution in [-0.2, 0) is 6.42 Å². The molecule has 0 saturated carbocycles. The molecule has 0 aliphatic heterocycles. The van der Waals surface area contributed by atoms with E-state index in [2.05, 4.69) is 4.98 Å². The summed E-state index contributed by atoms with van der Waals surface area (Å²) in [7, 11) is 3.11. The van der Waals surface area contributed by atoms with Crippen LogP contribution in [0.2, 0.25) is 5.02 Å². The molecule has 3 rings (SSSR count). The molecule has 0 fully saturated rings. The van der Waals surface area contributed by atoms with Gasteiger partial charge in [-0.1, -0.05) is 11.6 Å². The smallest absolute Gasteiger partial charge is 0.182 e. The van der Waals surface area contributed by atoms with Gasteiger partial charge in [0, 0.05) is 16.9 Å². The molecular weight excluding hydrogens is 310 g/mol. The zero-order chi connectivity index (χ0) is 15.0. The maximum atomic E-state index is 11.9. The first-order chi connectivity index (χ1) is 10.1. The maximum Gasteiger partial charge on any atom is 0.182 e. The summed E-state index contributed by atoms with van der Waals surface area (Å²) in [6.45, 7) is 0. The molecular formula is C15H14ClNO3S. The minimum atomic E-state index is 0.130. The number of thiazole rings is 1. The van der Waals surface area contributed by atoms with E-state index >= 15 is 0 Å². The molecule has 1 aliphatic carbocycles. The van der Waals surface area contributed by atoms with Crippen molar-refractivity contribution in [3.63, 3.8) is 0 Å². The summed E-state index contributed by atoms with van der Waals surface area (Å²) in [5.41, 5.74) is 1.46. The summed E-state index contributed by atoms with van der Waals surface area (Å²) in [5.74, 6) is 1.19. The van der Waals surface area contributed by atoms with E-state index in [0.29, 0.717) is 28.6 Å². The van der Waals surface area contributed by atoms with Gasteiger partial charge >= 0.3 is 0 Å². The molecule has 0 saturated heterocycles. The molecule has 1 aliphatic rings. The molecule has 0 N–H and O–H groups in total. The number of ketones is 1. The predicted octanol–water partition coefficient (Wildman–Crippen LogP) is 4.00. The topological polar surface area (TPSA) is 48.4 Å². The van der Waals surface area contributed by atoms with Gasteiger partial charge in [-0.15, -0.1) is 11.3 Å². The van der Waals surface area contributed by atoms with E-state index in [-0.39, 0.29) is 5.78 Å². The number of ether oxygens (including phenoxy) is 2. The van der Waals surface area contributed by atoms with Crippen LogP contribution in [0.15, 0.2) is 12.1 Å². The Morgan fingerprint density at radius 3 is 2.71 bits per heavy atom. The van der Waals surface area contributed by atoms with Gasteiger partial charge in [-0.2, -0.15) is 0 Å². The quantitative estimate of drug-likeness (QED) is 0.856. The van der Waals surface area contributed by atoms with E-state index in [1.54, 1.807) is 31.6 Å². The third kappa shape index (κ3) is 2.51. The van der Waals surface area contributed by atoms with Gasteiger partial charge in [-0.05, 0) is 25.0 Å². The lowest BCUT2D eigenvalue weighted by Gasteiger charge is -2.10. The second-order valence-electron chi connectivity index (χ2n) is 4.76. The number of nitrogens with zero attached hydrogens (tertiary/aromatic N) is 1. The average Bonchev–Trinajstić information content (AvgIpc) is 2.92. The van der Waals surface area contributed by atoms with Crippen molar-refractivity contribution < 1.29 is 14.3 Å². The van der Waals surface area contributed by atoms with Crippen LogP contribution in [0.5, 0.6) is 11.5 Å². The van der Waals surface area contributed by atoms with Crippen LogP contribution in [0.4, 0.5) is 0 Å². The third-order valence-corrected chi connectivity index (χ3v) is 4.89. The van der Waals surface area contributed by atoms with Gasteiger partial charge in [0.1, 0.15) is 10.7 Å². The molecule has 6 heteroatoms. The number of methoxy groups -OCH3 is 2. The highest BCUT2D eigenvalue weighted by Crippen LogP contribution is 2.41. The lowest BCUT2D eigenvalue weighted by atomic mass is 10.0. The second kappa shape index (κ2) is 5.66. The number of hydrogen-bond donors (Lipinski definition) is 0. The van der Waals surface area contributed by atoms with E-state index in [0.717, 1.165) is 28.3 Å². The van der Waals surface area contributed by atoms with Gasteiger partial charge in [-0.3, -0.25) is 4.79 Å². The molecule has 1 aromatic carbocycles. The summed E-state index contributed by atoms with van der Waals surface area (Å²) in [6.07, 6.45) is 2.41. The summed E-state index contributed by atoms with van der Waals surface area (Å²) >= 11 is 7.77. The zero-order valence-electron chi connectivity index (χ0n) is 11.7. The van der Waals surface area contributed by atoms with Crippen LogP contribution in [0.25, 0.3) is 10.6 Å². The van der Waals surface area contributed by atoms with Gasteiger partial charge in [0.2, 0.25) is 0 Å². The molecule has 0 amide bonds. The highest BCUT2D eigenvalue weighted by atomic mass is 35.5. The second-order valence-corrected chi connectivity index (χ2v) is 6.25. The molecule has 1 heterocycles. The fourth-order valence-corrected chi connectivity index (χ4v) is 3.83. The molecule has 21 heavy (non-hydrogen) atoms. The number of carbonyl (C=O) groups excluding carboxylic acids is 1. The van der Waals surface area contributed by atoms with Crippen molar-refractivity contribution >= 4 is 28.7 Å². The minimum absolute atomic E-state index is 0.130. The maximum absolute atomic E-state index is 11.9. The summed E-state index contributed by atoms with van der Waals surface area (Å²) in [6, 6.07) is 3.62. The van der Waals surface area contributed by atoms with Crippen molar-refractivity contribution in [1.82, 2.24) is 4.98 Å². The molecule has 0 bridgehead atoms. The van der Waals surface area contributed by atoms with Crippen molar-refractivity contribution in [2.45, 2.75) is 19.3 Å². The zero-order valence-corrected chi connectivity index (χ0v) is 13.3. The fourth-order valence-electron chi connectivity index (χ4n) is 2.43. The van der Waals surface area contributed by atoms with Crippen LogP contribution >= 0.6 is 22.9 Å². The summed E-state index contributed by atoms with van der Waals surface area (Å²) < 4.78 is 10.5. The highest BCUT2D eigenvalue weighted by Gasteiger charge is 2.23. The van der Waals surface area contributed by atoms with E-state index in [1.165, 1.54) is 0 Å². The summed E-state index contributed by atoms with van der Waals surface area (Å²) in [5, 5.41) is 1.25. The molecule has 2 aromatic rings. The van der Waals surface area contributed by atoms with Crippen molar-refractivity contribution in [2.24, 2.45) is 0 Å². The number of fused-ring (bicyclic) bond motifs is 1. The molecule has 0 unspecified atom stereocenters. The van der Waals surface area contributed by atoms with E-state index < -0.39 is 0 Å². The Bertz CT molecular complexity index is 711. The summed E-state index contributed by atoms with van der Waals surface area (Å²) in [4.78, 5) is 17.4. The van der Waals surface area contributed by atoms with Gasteiger partial charge in [0.15, 0.2) is 17.3 Å². The first kappa shape index (κ1) is 14.4. The standard InChI is InChI=1S/C15H14ClNO3S/c1-19-11-7-8(6-9(16)14(11)20-2)15-17-13-10(18)4-3-5-12(13)21-15/h6-7H,3-5H2,1-2H3. The monoisotopic (exact) mass is 323 g/mol. The number of benzene rings is 1. The van der Waals surface area contributed by atoms with Crippen LogP contribution < -0.4 is 9.47 Å². The normalized spacial score (nSPS) is 14.0. The Balaban J connectivity index is 2.09. The van der Waals surface area contributed by atoms with Crippen LogP contribution in [0.1, 0.15) is 28.2 Å². The van der Waals surface area contributed by atoms with Crippen LogP contribution in [0.3, 0.4) is 0 Å². The van der Waals surface area contributed by atoms with Crippen LogP contribution in [0, 0.1) is 0 Å². The number of halogens is 1. The van der Waals surface area contributed by atoms with E-state index in [1.807, 2.05) is 6.07 Å². The van der Waals surface area contributed by atoms with Crippen molar-refractivity contribution in [3.05, 3.63) is 27.7 Å². The minimum Gasteiger partial charge on any atom is -0.493 e. The van der Waals surface area contributed by atoms with Gasteiger partial charge < -0.3 is 9.47 Å². The lowest BCUT2D eigenvalue weighted by molar-refractivity contribution is 0.0968. The van der Waals surface area contributed by atoms with Gasteiger partial charge in [-0.25, -0.2) is 4.98 Å². The van der Waals surface area contributed by atoms with Crippen molar-refractivity contribution in [3.8, 4) is 22.1 Å². The number of aryl methyl sites for hydroxylation is 1. The Labute approximate surface area is 131 Å². The van der Waals surface area contributed by atoms with Crippen LogP contribution in [-0.4, -0.2) is 25.0 Å². The van der Waals surface area contributed by atoms with Gasteiger partial charge in [0.25, 0.3) is 0 Å². The Morgan fingerprint density at radius 2 is 2.05 bits per heavy atom. The molecule has 4 nitrogen and oxygen atoms in total. The largest absolute Gasteiger partial charge is 0.493 e.